The third-order valence-corrected chi connectivity index (χ3v) is 31.4. The largest absolute Gasteiger partial charge is 0.465 e. The highest BCUT2D eigenvalue weighted by molar-refractivity contribution is 5.96. The number of methoxy groups -OCH3 is 1. The Balaban J connectivity index is 0.000000129. The average molecular weight is 1900 g/mol. The lowest BCUT2D eigenvalue weighted by atomic mass is 10.0. The summed E-state index contributed by atoms with van der Waals surface area (Å²) in [5.74, 6) is -0.0128. The van der Waals surface area contributed by atoms with Gasteiger partial charge in [-0.05, 0) is 265 Å². The molecular weight excluding hydrogens is 1730 g/mol. The second-order valence-corrected chi connectivity index (χ2v) is 41.8. The first-order chi connectivity index (χ1) is 68.3. The fourth-order valence-electron chi connectivity index (χ4n) is 22.3. The number of carbonyl (C=O) groups is 2. The number of ether oxygens (including phenoxy) is 1. The maximum atomic E-state index is 12.6. The minimum Gasteiger partial charge on any atom is -0.465 e. The first-order valence-corrected chi connectivity index (χ1v) is 53.5. The molecule has 20 rings (SSSR count). The number of aromatic amines is 4. The van der Waals surface area contributed by atoms with E-state index < -0.39 is 0 Å². The van der Waals surface area contributed by atoms with Crippen LogP contribution in [0, 0.1) is 6.92 Å². The smallest absolute Gasteiger partial charge is 0.337 e. The highest BCUT2D eigenvalue weighted by Gasteiger charge is 2.30. The second-order valence-electron chi connectivity index (χ2n) is 41.8. The molecule has 0 unspecified atom stereocenters. The maximum absolute atomic E-state index is 12.6. The van der Waals surface area contributed by atoms with Crippen LogP contribution in [0.4, 0.5) is 22.7 Å². The molecule has 0 spiro atoms. The number of fused-ring (bicyclic) bond motifs is 4. The lowest BCUT2D eigenvalue weighted by Crippen LogP contribution is -2.51. The number of nitrogens with one attached hydrogen (secondary N) is 8. The van der Waals surface area contributed by atoms with E-state index in [1.54, 1.807) is 6.07 Å². The predicted molar refractivity (Wildman–Crippen MR) is 586 cm³/mol. The number of H-pyrrole nitrogens is 4. The van der Waals surface area contributed by atoms with Crippen molar-refractivity contribution in [1.82, 2.24) is 80.4 Å². The molecule has 0 atom stereocenters. The number of piperidine rings is 4. The van der Waals surface area contributed by atoms with Gasteiger partial charge >= 0.3 is 5.97 Å². The van der Waals surface area contributed by atoms with E-state index in [4.69, 9.17) is 4.74 Å². The van der Waals surface area contributed by atoms with Gasteiger partial charge in [0, 0.05) is 339 Å². The topological polar surface area (TPSA) is 194 Å². The molecule has 8 saturated heterocycles. The zero-order valence-electron chi connectivity index (χ0n) is 85.8. The van der Waals surface area contributed by atoms with Crippen LogP contribution in [-0.4, -0.2) is 329 Å². The Hall–Kier alpha value is -10.4. The van der Waals surface area contributed by atoms with Gasteiger partial charge < -0.3 is 75.3 Å². The van der Waals surface area contributed by atoms with Crippen molar-refractivity contribution < 1.29 is 14.3 Å². The maximum Gasteiger partial charge on any atom is 0.337 e. The minimum atomic E-state index is -0.311. The van der Waals surface area contributed by atoms with E-state index >= 15 is 0 Å². The summed E-state index contributed by atoms with van der Waals surface area (Å²) in [5.41, 5.74) is 21.3. The summed E-state index contributed by atoms with van der Waals surface area (Å²) >= 11 is 0. The van der Waals surface area contributed by atoms with Gasteiger partial charge in [-0.15, -0.1) is 0 Å². The summed E-state index contributed by atoms with van der Waals surface area (Å²) < 4.78 is 4.86. The van der Waals surface area contributed by atoms with Gasteiger partial charge in [0.25, 0.3) is 0 Å². The molecule has 140 heavy (non-hydrogen) atoms. The summed E-state index contributed by atoms with van der Waals surface area (Å²) in [6, 6.07) is 78.6. The van der Waals surface area contributed by atoms with Gasteiger partial charge in [-0.3, -0.25) is 34.2 Å². The Morgan fingerprint density at radius 1 is 0.321 bits per heavy atom. The molecule has 8 N–H and O–H groups in total. The van der Waals surface area contributed by atoms with Crippen LogP contribution in [0.2, 0.25) is 0 Å². The summed E-state index contributed by atoms with van der Waals surface area (Å²) in [5, 5.41) is 20.0. The molecule has 12 aromatic rings. The number of carbonyl (C=O) groups excluding carboxylic acids is 2. The van der Waals surface area contributed by atoms with Crippen LogP contribution in [0.5, 0.6) is 0 Å². The molecule has 23 nitrogen and oxygen atoms in total. The van der Waals surface area contributed by atoms with Gasteiger partial charge in [0.2, 0.25) is 5.91 Å². The lowest BCUT2D eigenvalue weighted by Gasteiger charge is -2.38. The lowest BCUT2D eigenvalue weighted by molar-refractivity contribution is -0.133. The van der Waals surface area contributed by atoms with Crippen LogP contribution in [0.25, 0.3) is 88.6 Å². The Kier molecular flexibility index (Phi) is 35.8. The summed E-state index contributed by atoms with van der Waals surface area (Å²) in [6.45, 7) is 55.1. The second kappa shape index (κ2) is 49.5. The Labute approximate surface area is 834 Å². The monoisotopic (exact) mass is 1900 g/mol. The summed E-state index contributed by atoms with van der Waals surface area (Å²) in [6.07, 6.45) is 11.4. The molecule has 0 aliphatic carbocycles. The van der Waals surface area contributed by atoms with E-state index in [1.807, 2.05) is 17.0 Å². The van der Waals surface area contributed by atoms with Crippen molar-refractivity contribution in [2.75, 3.05) is 230 Å². The Morgan fingerprint density at radius 2 is 0.657 bits per heavy atom. The minimum absolute atomic E-state index is 0.298. The van der Waals surface area contributed by atoms with Crippen molar-refractivity contribution in [1.29, 1.82) is 0 Å². The van der Waals surface area contributed by atoms with Crippen molar-refractivity contribution in [3.8, 4) is 45.0 Å². The number of hydrogen-bond donors (Lipinski definition) is 8. The number of aryl methyl sites for hydroxylation is 1. The van der Waals surface area contributed by atoms with Crippen LogP contribution in [-0.2, 0) is 9.53 Å². The van der Waals surface area contributed by atoms with Gasteiger partial charge in [-0.1, -0.05) is 97.1 Å². The summed E-state index contributed by atoms with van der Waals surface area (Å²) in [4.78, 5) is 69.0. The Bertz CT molecular complexity index is 5760. The van der Waals surface area contributed by atoms with Gasteiger partial charge in [0.05, 0.1) is 12.7 Å². The van der Waals surface area contributed by atoms with E-state index in [2.05, 4.69) is 345 Å². The normalized spacial score (nSPS) is 18.5. The zero-order valence-corrected chi connectivity index (χ0v) is 85.8. The molecular formula is C117H162N20O3. The zero-order chi connectivity index (χ0) is 96.8. The highest BCUT2D eigenvalue weighted by atomic mass is 16.5. The first-order valence-electron chi connectivity index (χ1n) is 53.5. The van der Waals surface area contributed by atoms with Crippen molar-refractivity contribution in [3.05, 3.63) is 217 Å². The van der Waals surface area contributed by atoms with E-state index in [1.165, 1.54) is 238 Å². The van der Waals surface area contributed by atoms with Crippen molar-refractivity contribution >= 4 is 78.2 Å². The van der Waals surface area contributed by atoms with Gasteiger partial charge in [0.15, 0.2) is 0 Å². The Morgan fingerprint density at radius 3 is 1.04 bits per heavy atom. The molecule has 0 saturated carbocycles. The number of rotatable bonds is 29. The third kappa shape index (κ3) is 27.3. The molecule has 8 aliphatic rings. The van der Waals surface area contributed by atoms with E-state index in [-0.39, 0.29) is 5.97 Å². The van der Waals surface area contributed by atoms with E-state index in [9.17, 15) is 9.59 Å². The van der Waals surface area contributed by atoms with E-state index in [0.717, 1.165) is 146 Å². The number of piperazine rings is 3. The molecule has 748 valence electrons. The molecule has 8 fully saturated rings. The van der Waals surface area contributed by atoms with Gasteiger partial charge in [-0.25, -0.2) is 4.79 Å². The number of esters is 1. The van der Waals surface area contributed by atoms with Crippen molar-refractivity contribution in [3.63, 3.8) is 0 Å². The number of para-hydroxylation sites is 3. The van der Waals surface area contributed by atoms with E-state index in [0.29, 0.717) is 66.2 Å². The summed E-state index contributed by atoms with van der Waals surface area (Å²) in [7, 11) is 1.41. The fourth-order valence-corrected chi connectivity index (χ4v) is 22.3. The van der Waals surface area contributed by atoms with Crippen LogP contribution < -0.4 is 40.9 Å². The number of benzene rings is 8. The standard InChI is InChI=1S/C30H41N5O2.C29H39N5O.2C29H41N5/c1-22(2)34-17-15-33(16-18-34)14-11-31-26-9-12-35(13-10-26)27-6-4-5-23(20-27)29-21-25-19-24(30(36)37-3)7-8-28(25)32-29;1-22(2)32-16-18-34(19-17-32)29(35)10-13-30-25-11-14-33(15-12-25)26-8-5-7-23(20-26)28-21-24-6-3-4-9-27(24)31-28;1-22(2)33-18-16-32(17-19-33)15-12-30-25-10-13-34(14-11-25)26-9-8-23(3)27(21-26)29-20-24-6-4-5-7-28(24)31-29;1-23(2)33-15-6-14-32(19-20-33)18-13-30-26-11-16-34(17-12-26)27-9-5-8-24(21-27)29-22-25-7-3-4-10-28(25)31-29/h4-8,19-22,26,31-32H,9-18H2,1-3H3;3-9,20-22,25,30-31H,10-19H2,1-2H3;4-9,20-22,25,30-31H,10-19H2,1-3H3;3-5,7-10,21-23,26,30-31H,6,11-20H2,1-2H3. The van der Waals surface area contributed by atoms with Gasteiger partial charge in [-0.2, -0.15) is 0 Å². The van der Waals surface area contributed by atoms with Crippen LogP contribution in [0.15, 0.2) is 206 Å². The first kappa shape index (κ1) is 101. The molecule has 4 aromatic heterocycles. The molecule has 1 amide bonds. The number of hydrogen-bond acceptors (Lipinski definition) is 18. The molecule has 0 radical (unpaired) electrons. The van der Waals surface area contributed by atoms with Crippen LogP contribution >= 0.6 is 0 Å². The predicted octanol–water partition coefficient (Wildman–Crippen LogP) is 18.1. The molecule has 0 bridgehead atoms. The average Bonchev–Trinajstić information content (AvgIpc) is 1.64. The fraction of sp³-hybridized carbons (Fsp3) is 0.504. The molecule has 23 heteroatoms. The molecule has 12 heterocycles. The van der Waals surface area contributed by atoms with Crippen molar-refractivity contribution in [2.24, 2.45) is 0 Å². The quantitative estimate of drug-likeness (QED) is 0.0206. The highest BCUT2D eigenvalue weighted by Crippen LogP contribution is 2.36. The number of anilines is 4. The molecule has 8 aromatic carbocycles. The number of amides is 1. The third-order valence-electron chi connectivity index (χ3n) is 31.4. The molecule has 8 aliphatic heterocycles. The SMILES string of the molecule is CC(C)N1CCCN(CCNC2CCN(c3cccc(-c4cc5ccccc5[nH]4)c3)CC2)CC1.CC(C)N1CCN(C(=O)CCNC2CCN(c3cccc(-c4cc5ccccc5[nH]4)c3)CC2)CC1.COC(=O)c1ccc2[nH]c(-c3cccc(N4CCC(NCCN5CCN(C(C)C)CC5)CC4)c3)cc2c1.Cc1ccc(N2CCC(NCCN3CCN(C(C)C)CC3)CC2)cc1-c1cc2ccccc2[nH]1. The number of nitrogens with zero attached hydrogens (tertiary/aromatic N) is 12. The van der Waals surface area contributed by atoms with Gasteiger partial charge in [0.1, 0.15) is 0 Å². The van der Waals surface area contributed by atoms with Crippen LogP contribution in [0.3, 0.4) is 0 Å². The van der Waals surface area contributed by atoms with Crippen LogP contribution in [0.1, 0.15) is 136 Å². The van der Waals surface area contributed by atoms with Crippen molar-refractivity contribution in [2.45, 2.75) is 175 Å². The number of aromatic nitrogens is 4.